The lowest BCUT2D eigenvalue weighted by Gasteiger charge is -2.22. The summed E-state index contributed by atoms with van der Waals surface area (Å²) in [4.78, 5) is 11.9. The molecule has 1 aromatic rings. The van der Waals surface area contributed by atoms with Crippen molar-refractivity contribution in [2.24, 2.45) is 0 Å². The van der Waals surface area contributed by atoms with E-state index >= 15 is 0 Å². The quantitative estimate of drug-likeness (QED) is 0.748. The second kappa shape index (κ2) is 8.33. The fraction of sp³-hybridized carbons (Fsp3) is 0.471. The molecule has 1 aliphatic carbocycles. The standard InChI is InChI=1S/C17H22N2O2/c20-13-5-4-6-14-9-11-16(12-10-14)19-17(21)18-15-7-2-1-3-8-15/h9-12,15,20H,1-3,5,7-8,13H2,(H2,18,19,21). The van der Waals surface area contributed by atoms with Crippen LogP contribution in [0.2, 0.25) is 0 Å². The maximum Gasteiger partial charge on any atom is 0.319 e. The third-order valence-corrected chi connectivity index (χ3v) is 3.55. The zero-order chi connectivity index (χ0) is 14.9. The van der Waals surface area contributed by atoms with Crippen LogP contribution in [-0.4, -0.2) is 23.8 Å². The molecule has 1 fully saturated rings. The Morgan fingerprint density at radius 2 is 1.90 bits per heavy atom. The van der Waals surface area contributed by atoms with E-state index in [1.165, 1.54) is 19.3 Å². The van der Waals surface area contributed by atoms with Gasteiger partial charge in [-0.3, -0.25) is 0 Å². The smallest absolute Gasteiger partial charge is 0.319 e. The highest BCUT2D eigenvalue weighted by Crippen LogP contribution is 2.17. The van der Waals surface area contributed by atoms with E-state index in [0.29, 0.717) is 12.5 Å². The number of hydrogen-bond donors (Lipinski definition) is 3. The van der Waals surface area contributed by atoms with Crippen molar-refractivity contribution < 1.29 is 9.90 Å². The Balaban J connectivity index is 1.82. The van der Waals surface area contributed by atoms with Crippen molar-refractivity contribution in [2.75, 3.05) is 11.9 Å². The number of benzene rings is 1. The summed E-state index contributed by atoms with van der Waals surface area (Å²) in [5.74, 6) is 5.82. The molecule has 0 saturated heterocycles. The first-order valence-electron chi connectivity index (χ1n) is 7.55. The highest BCUT2D eigenvalue weighted by Gasteiger charge is 2.15. The lowest BCUT2D eigenvalue weighted by Crippen LogP contribution is -2.38. The van der Waals surface area contributed by atoms with Gasteiger partial charge in [0.2, 0.25) is 0 Å². The second-order valence-corrected chi connectivity index (χ2v) is 5.29. The number of hydrogen-bond acceptors (Lipinski definition) is 2. The van der Waals surface area contributed by atoms with Crippen molar-refractivity contribution in [3.05, 3.63) is 29.8 Å². The van der Waals surface area contributed by atoms with Crippen molar-refractivity contribution in [1.82, 2.24) is 5.32 Å². The minimum atomic E-state index is -0.138. The number of anilines is 1. The van der Waals surface area contributed by atoms with E-state index in [1.807, 2.05) is 24.3 Å². The van der Waals surface area contributed by atoms with E-state index in [1.54, 1.807) is 0 Å². The summed E-state index contributed by atoms with van der Waals surface area (Å²) in [7, 11) is 0. The van der Waals surface area contributed by atoms with Gasteiger partial charge in [-0.15, -0.1) is 0 Å². The summed E-state index contributed by atoms with van der Waals surface area (Å²) < 4.78 is 0. The molecule has 1 aliphatic rings. The molecule has 1 aromatic carbocycles. The minimum absolute atomic E-state index is 0.0774. The van der Waals surface area contributed by atoms with Gasteiger partial charge in [-0.1, -0.05) is 31.1 Å². The maximum atomic E-state index is 11.9. The van der Waals surface area contributed by atoms with Gasteiger partial charge >= 0.3 is 6.03 Å². The summed E-state index contributed by atoms with van der Waals surface area (Å²) >= 11 is 0. The Morgan fingerprint density at radius 3 is 2.57 bits per heavy atom. The van der Waals surface area contributed by atoms with Crippen LogP contribution in [0, 0.1) is 11.8 Å². The normalized spacial score (nSPS) is 14.9. The maximum absolute atomic E-state index is 11.9. The topological polar surface area (TPSA) is 61.4 Å². The highest BCUT2D eigenvalue weighted by molar-refractivity contribution is 5.89. The number of carbonyl (C=O) groups excluding carboxylic acids is 1. The lowest BCUT2D eigenvalue weighted by molar-refractivity contribution is 0.244. The van der Waals surface area contributed by atoms with Gasteiger partial charge in [0.1, 0.15) is 0 Å². The van der Waals surface area contributed by atoms with Gasteiger partial charge in [0.05, 0.1) is 6.61 Å². The third-order valence-electron chi connectivity index (χ3n) is 3.55. The zero-order valence-corrected chi connectivity index (χ0v) is 12.2. The molecule has 4 nitrogen and oxygen atoms in total. The number of amides is 2. The largest absolute Gasteiger partial charge is 0.395 e. The molecule has 112 valence electrons. The molecule has 21 heavy (non-hydrogen) atoms. The van der Waals surface area contributed by atoms with Crippen LogP contribution in [0.1, 0.15) is 44.1 Å². The molecule has 0 bridgehead atoms. The predicted molar refractivity (Wildman–Crippen MR) is 84.1 cm³/mol. The first-order valence-corrected chi connectivity index (χ1v) is 7.55. The molecule has 0 atom stereocenters. The fourth-order valence-electron chi connectivity index (χ4n) is 2.46. The van der Waals surface area contributed by atoms with Gasteiger partial charge in [-0.05, 0) is 37.1 Å². The van der Waals surface area contributed by atoms with E-state index in [-0.39, 0.29) is 12.6 Å². The van der Waals surface area contributed by atoms with E-state index < -0.39 is 0 Å². The summed E-state index contributed by atoms with van der Waals surface area (Å²) in [5.41, 5.74) is 1.64. The van der Waals surface area contributed by atoms with E-state index in [0.717, 1.165) is 24.1 Å². The van der Waals surface area contributed by atoms with E-state index in [4.69, 9.17) is 5.11 Å². The number of aliphatic hydroxyl groups excluding tert-OH is 1. The third kappa shape index (κ3) is 5.49. The van der Waals surface area contributed by atoms with Crippen LogP contribution in [0.5, 0.6) is 0 Å². The molecule has 0 aliphatic heterocycles. The lowest BCUT2D eigenvalue weighted by atomic mass is 9.96. The number of nitrogens with one attached hydrogen (secondary N) is 2. The van der Waals surface area contributed by atoms with Gasteiger partial charge in [-0.2, -0.15) is 0 Å². The summed E-state index contributed by atoms with van der Waals surface area (Å²) in [5, 5.41) is 14.5. The summed E-state index contributed by atoms with van der Waals surface area (Å²) in [6.45, 7) is 0.0774. The van der Waals surface area contributed by atoms with Gasteiger partial charge in [0, 0.05) is 23.7 Å². The van der Waals surface area contributed by atoms with Crippen LogP contribution < -0.4 is 10.6 Å². The number of carbonyl (C=O) groups is 1. The molecule has 4 heteroatoms. The monoisotopic (exact) mass is 286 g/mol. The molecule has 0 heterocycles. The van der Waals surface area contributed by atoms with E-state index in [9.17, 15) is 4.79 Å². The van der Waals surface area contributed by atoms with Gasteiger partial charge in [0.25, 0.3) is 0 Å². The Kier molecular flexibility index (Phi) is 6.11. The molecular weight excluding hydrogens is 264 g/mol. The SMILES string of the molecule is O=C(Nc1ccc(C#CCCO)cc1)NC1CCCCC1. The second-order valence-electron chi connectivity index (χ2n) is 5.29. The number of aliphatic hydroxyl groups is 1. The molecule has 2 rings (SSSR count). The van der Waals surface area contributed by atoms with Crippen LogP contribution in [0.4, 0.5) is 10.5 Å². The van der Waals surface area contributed by atoms with E-state index in [2.05, 4.69) is 22.5 Å². The summed E-state index contributed by atoms with van der Waals surface area (Å²) in [6.07, 6.45) is 6.31. The summed E-state index contributed by atoms with van der Waals surface area (Å²) in [6, 6.07) is 7.57. The first kappa shape index (κ1) is 15.4. The molecular formula is C17H22N2O2. The van der Waals surface area contributed by atoms with Crippen LogP contribution >= 0.6 is 0 Å². The fourth-order valence-corrected chi connectivity index (χ4v) is 2.46. The van der Waals surface area contributed by atoms with Crippen LogP contribution in [-0.2, 0) is 0 Å². The van der Waals surface area contributed by atoms with Gasteiger partial charge < -0.3 is 15.7 Å². The Hall–Kier alpha value is -1.99. The van der Waals surface area contributed by atoms with Crippen LogP contribution in [0.15, 0.2) is 24.3 Å². The van der Waals surface area contributed by atoms with Crippen molar-refractivity contribution in [3.63, 3.8) is 0 Å². The molecule has 0 spiro atoms. The average Bonchev–Trinajstić information content (AvgIpc) is 2.50. The first-order chi connectivity index (χ1) is 10.3. The molecule has 0 radical (unpaired) electrons. The van der Waals surface area contributed by atoms with Gasteiger partial charge in [-0.25, -0.2) is 4.79 Å². The highest BCUT2D eigenvalue weighted by atomic mass is 16.2. The van der Waals surface area contributed by atoms with Crippen molar-refractivity contribution in [3.8, 4) is 11.8 Å². The molecule has 3 N–H and O–H groups in total. The Morgan fingerprint density at radius 1 is 1.19 bits per heavy atom. The molecule has 1 saturated carbocycles. The van der Waals surface area contributed by atoms with Crippen molar-refractivity contribution in [1.29, 1.82) is 0 Å². The van der Waals surface area contributed by atoms with Crippen molar-refractivity contribution >= 4 is 11.7 Å². The Bertz CT molecular complexity index is 508. The Labute approximate surface area is 125 Å². The molecule has 0 unspecified atom stereocenters. The van der Waals surface area contributed by atoms with Crippen LogP contribution in [0.25, 0.3) is 0 Å². The molecule has 0 aromatic heterocycles. The zero-order valence-electron chi connectivity index (χ0n) is 12.2. The van der Waals surface area contributed by atoms with Crippen LogP contribution in [0.3, 0.4) is 0 Å². The minimum Gasteiger partial charge on any atom is -0.395 e. The number of urea groups is 1. The van der Waals surface area contributed by atoms with Crippen molar-refractivity contribution in [2.45, 2.75) is 44.6 Å². The number of rotatable bonds is 3. The van der Waals surface area contributed by atoms with Gasteiger partial charge in [0.15, 0.2) is 0 Å². The predicted octanol–water partition coefficient (Wildman–Crippen LogP) is 2.87. The molecule has 2 amide bonds. The average molecular weight is 286 g/mol.